The van der Waals surface area contributed by atoms with Gasteiger partial charge in [0.2, 0.25) is 0 Å². The molecule has 0 saturated carbocycles. The highest BCUT2D eigenvalue weighted by molar-refractivity contribution is 7.10. The molecule has 0 bridgehead atoms. The minimum absolute atomic E-state index is 0.381. The molecule has 0 unspecified atom stereocenters. The van der Waals surface area contributed by atoms with Gasteiger partial charge in [-0.25, -0.2) is 0 Å². The van der Waals surface area contributed by atoms with Crippen LogP contribution in [0.3, 0.4) is 0 Å². The van der Waals surface area contributed by atoms with Gasteiger partial charge in [-0.05, 0) is 37.8 Å². The second-order valence-corrected chi connectivity index (χ2v) is 5.07. The molecule has 78 valence electrons. The van der Waals surface area contributed by atoms with Crippen LogP contribution in [0.5, 0.6) is 0 Å². The normalized spacial score (nSPS) is 26.3. The Labute approximate surface area is 89.7 Å². The van der Waals surface area contributed by atoms with Crippen molar-refractivity contribution in [1.29, 1.82) is 0 Å². The molecule has 0 spiro atoms. The minimum Gasteiger partial charge on any atom is -0.327 e. The average molecular weight is 210 g/mol. The summed E-state index contributed by atoms with van der Waals surface area (Å²) < 4.78 is 0. The highest BCUT2D eigenvalue weighted by Crippen LogP contribution is 2.26. The van der Waals surface area contributed by atoms with Crippen LogP contribution < -0.4 is 5.73 Å². The third kappa shape index (κ3) is 2.16. The van der Waals surface area contributed by atoms with Crippen LogP contribution in [0.2, 0.25) is 0 Å². The maximum atomic E-state index is 5.98. The van der Waals surface area contributed by atoms with E-state index in [2.05, 4.69) is 29.3 Å². The predicted molar refractivity (Wildman–Crippen MR) is 61.5 cm³/mol. The van der Waals surface area contributed by atoms with E-state index in [1.54, 1.807) is 0 Å². The topological polar surface area (TPSA) is 29.3 Å². The van der Waals surface area contributed by atoms with Crippen LogP contribution in [-0.4, -0.2) is 24.0 Å². The second kappa shape index (κ2) is 4.43. The summed E-state index contributed by atoms with van der Waals surface area (Å²) in [5.74, 6) is 0. The fraction of sp³-hybridized carbons (Fsp3) is 0.636. The van der Waals surface area contributed by atoms with E-state index in [0.29, 0.717) is 12.1 Å². The van der Waals surface area contributed by atoms with Crippen LogP contribution in [0.1, 0.15) is 30.7 Å². The van der Waals surface area contributed by atoms with E-state index in [1.807, 2.05) is 11.3 Å². The zero-order valence-corrected chi connectivity index (χ0v) is 9.46. The molecule has 1 aliphatic heterocycles. The highest BCUT2D eigenvalue weighted by Gasteiger charge is 2.22. The number of nitrogens with two attached hydrogens (primary N) is 1. The quantitative estimate of drug-likeness (QED) is 0.811. The molecule has 1 aromatic heterocycles. The Morgan fingerprint density at radius 1 is 1.64 bits per heavy atom. The summed E-state index contributed by atoms with van der Waals surface area (Å²) in [5, 5.41) is 2.15. The van der Waals surface area contributed by atoms with E-state index >= 15 is 0 Å². The van der Waals surface area contributed by atoms with E-state index in [1.165, 1.54) is 24.3 Å². The van der Waals surface area contributed by atoms with E-state index in [0.717, 1.165) is 6.54 Å². The number of hydrogen-bond acceptors (Lipinski definition) is 3. The molecule has 14 heavy (non-hydrogen) atoms. The first kappa shape index (κ1) is 10.1. The number of rotatable bonds is 2. The van der Waals surface area contributed by atoms with Crippen LogP contribution in [0.4, 0.5) is 0 Å². The molecule has 2 rings (SSSR count). The Balaban J connectivity index is 2.00. The van der Waals surface area contributed by atoms with Gasteiger partial charge in [0.25, 0.3) is 0 Å². The van der Waals surface area contributed by atoms with Crippen molar-refractivity contribution in [3.05, 3.63) is 22.4 Å². The number of likely N-dealkylation sites (tertiary alicyclic amines) is 1. The number of piperidine rings is 1. The minimum atomic E-state index is 0.381. The average Bonchev–Trinajstić information content (AvgIpc) is 2.69. The molecule has 0 amide bonds. The molecule has 3 heteroatoms. The molecule has 1 aliphatic rings. The van der Waals surface area contributed by atoms with E-state index < -0.39 is 0 Å². The summed E-state index contributed by atoms with van der Waals surface area (Å²) in [6.45, 7) is 4.54. The smallest absolute Gasteiger partial charge is 0.0413 e. The van der Waals surface area contributed by atoms with Crippen molar-refractivity contribution in [3.8, 4) is 0 Å². The first-order valence-corrected chi connectivity index (χ1v) is 6.18. The first-order valence-electron chi connectivity index (χ1n) is 5.30. The largest absolute Gasteiger partial charge is 0.327 e. The van der Waals surface area contributed by atoms with Crippen molar-refractivity contribution >= 4 is 11.3 Å². The lowest BCUT2D eigenvalue weighted by Crippen LogP contribution is -2.43. The Bertz CT molecular complexity index is 271. The highest BCUT2D eigenvalue weighted by atomic mass is 32.1. The van der Waals surface area contributed by atoms with Crippen molar-refractivity contribution in [2.75, 3.05) is 13.1 Å². The summed E-state index contributed by atoms with van der Waals surface area (Å²) in [6.07, 6.45) is 2.44. The van der Waals surface area contributed by atoms with Gasteiger partial charge in [-0.3, -0.25) is 4.90 Å². The molecule has 1 saturated heterocycles. The van der Waals surface area contributed by atoms with Gasteiger partial charge in [0.1, 0.15) is 0 Å². The van der Waals surface area contributed by atoms with Crippen molar-refractivity contribution in [1.82, 2.24) is 4.90 Å². The van der Waals surface area contributed by atoms with Crippen LogP contribution in [0.15, 0.2) is 17.5 Å². The monoisotopic (exact) mass is 210 g/mol. The lowest BCUT2D eigenvalue weighted by atomic mass is 10.0. The third-order valence-electron chi connectivity index (χ3n) is 2.99. The molecule has 0 radical (unpaired) electrons. The van der Waals surface area contributed by atoms with E-state index in [-0.39, 0.29) is 0 Å². The van der Waals surface area contributed by atoms with Gasteiger partial charge < -0.3 is 5.73 Å². The molecular formula is C11H18N2S. The fourth-order valence-corrected chi connectivity index (χ4v) is 2.92. The Morgan fingerprint density at radius 2 is 2.50 bits per heavy atom. The fourth-order valence-electron chi connectivity index (χ4n) is 2.10. The van der Waals surface area contributed by atoms with E-state index in [9.17, 15) is 0 Å². The van der Waals surface area contributed by atoms with Gasteiger partial charge in [0, 0.05) is 23.5 Å². The third-order valence-corrected chi connectivity index (χ3v) is 4.03. The molecule has 1 aromatic rings. The number of hydrogen-bond donors (Lipinski definition) is 1. The van der Waals surface area contributed by atoms with Crippen molar-refractivity contribution in [2.45, 2.75) is 31.8 Å². The SMILES string of the molecule is C[C@H](c1cccs1)N1CCC[C@H](N)C1. The lowest BCUT2D eigenvalue weighted by molar-refractivity contribution is 0.161. The van der Waals surface area contributed by atoms with Crippen molar-refractivity contribution in [3.63, 3.8) is 0 Å². The van der Waals surface area contributed by atoms with Gasteiger partial charge in [0.05, 0.1) is 0 Å². The maximum absolute atomic E-state index is 5.98. The molecule has 2 heterocycles. The van der Waals surface area contributed by atoms with Crippen LogP contribution in [-0.2, 0) is 0 Å². The Hall–Kier alpha value is -0.380. The maximum Gasteiger partial charge on any atom is 0.0413 e. The summed E-state index contributed by atoms with van der Waals surface area (Å²) in [6, 6.07) is 5.27. The standard InChI is InChI=1S/C11H18N2S/c1-9(11-5-3-7-14-11)13-6-2-4-10(12)8-13/h3,5,7,9-10H,2,4,6,8,12H2,1H3/t9-,10+/m1/s1. The Kier molecular flexibility index (Phi) is 3.21. The van der Waals surface area contributed by atoms with Crippen LogP contribution in [0.25, 0.3) is 0 Å². The molecule has 0 aromatic carbocycles. The zero-order valence-electron chi connectivity index (χ0n) is 8.65. The zero-order chi connectivity index (χ0) is 9.97. The van der Waals surface area contributed by atoms with Gasteiger partial charge in [0.15, 0.2) is 0 Å². The molecular weight excluding hydrogens is 192 g/mol. The lowest BCUT2D eigenvalue weighted by Gasteiger charge is -2.34. The van der Waals surface area contributed by atoms with Crippen molar-refractivity contribution < 1.29 is 0 Å². The summed E-state index contributed by atoms with van der Waals surface area (Å²) in [5.41, 5.74) is 5.98. The van der Waals surface area contributed by atoms with Crippen LogP contribution in [0, 0.1) is 0 Å². The van der Waals surface area contributed by atoms with Gasteiger partial charge in [-0.2, -0.15) is 0 Å². The molecule has 2 atom stereocenters. The molecule has 2 nitrogen and oxygen atoms in total. The number of thiophene rings is 1. The van der Waals surface area contributed by atoms with Gasteiger partial charge in [-0.1, -0.05) is 6.07 Å². The van der Waals surface area contributed by atoms with Crippen molar-refractivity contribution in [2.24, 2.45) is 5.73 Å². The summed E-state index contributed by atoms with van der Waals surface area (Å²) >= 11 is 1.84. The summed E-state index contributed by atoms with van der Waals surface area (Å²) in [4.78, 5) is 3.96. The number of nitrogens with zero attached hydrogens (tertiary/aromatic N) is 1. The Morgan fingerprint density at radius 3 is 3.14 bits per heavy atom. The van der Waals surface area contributed by atoms with E-state index in [4.69, 9.17) is 5.73 Å². The molecule has 1 fully saturated rings. The summed E-state index contributed by atoms with van der Waals surface area (Å²) in [7, 11) is 0. The first-order chi connectivity index (χ1) is 6.77. The predicted octanol–water partition coefficient (Wildman–Crippen LogP) is 2.23. The second-order valence-electron chi connectivity index (χ2n) is 4.09. The molecule has 2 N–H and O–H groups in total. The van der Waals surface area contributed by atoms with Gasteiger partial charge >= 0.3 is 0 Å². The molecule has 0 aliphatic carbocycles. The van der Waals surface area contributed by atoms with Gasteiger partial charge in [-0.15, -0.1) is 11.3 Å². The van der Waals surface area contributed by atoms with Crippen LogP contribution >= 0.6 is 11.3 Å².